The number of aliphatic carboxylic acids is 1. The van der Waals surface area contributed by atoms with E-state index in [1.165, 1.54) is 12.1 Å². The molecule has 0 heterocycles. The molecule has 2 N–H and O–H groups in total. The van der Waals surface area contributed by atoms with E-state index in [0.717, 1.165) is 7.11 Å². The van der Waals surface area contributed by atoms with Gasteiger partial charge >= 0.3 is 5.97 Å². The van der Waals surface area contributed by atoms with E-state index >= 15 is 0 Å². The minimum absolute atomic E-state index is 0.199. The summed E-state index contributed by atoms with van der Waals surface area (Å²) >= 11 is 0. The number of ether oxygens (including phenoxy) is 1. The highest BCUT2D eigenvalue weighted by atomic mass is 16.6. The van der Waals surface area contributed by atoms with Crippen LogP contribution in [0.25, 0.3) is 0 Å². The normalized spacial score (nSPS) is 14.9. The molecule has 0 aromatic heterocycles. The number of carboxylic acid groups (broad SMARTS) is 1. The van der Waals surface area contributed by atoms with Gasteiger partial charge in [-0.05, 0) is 0 Å². The highest BCUT2D eigenvalue weighted by molar-refractivity contribution is 5.77. The van der Waals surface area contributed by atoms with Crippen LogP contribution < -0.4 is 0 Å². The zero-order valence-electron chi connectivity index (χ0n) is 7.10. The lowest BCUT2D eigenvalue weighted by molar-refractivity contribution is -0.219. The molecule has 0 saturated carbocycles. The monoisotopic (exact) mass is 182 g/mol. The third-order valence-corrected chi connectivity index (χ3v) is 1.75. The van der Waals surface area contributed by atoms with Gasteiger partial charge in [0.05, 0.1) is 0 Å². The molecular formula is C9H10O4. The summed E-state index contributed by atoms with van der Waals surface area (Å²) in [6.45, 7) is 0. The Morgan fingerprint density at radius 1 is 1.38 bits per heavy atom. The number of benzene rings is 1. The van der Waals surface area contributed by atoms with Gasteiger partial charge in [0.2, 0.25) is 0 Å². The summed E-state index contributed by atoms with van der Waals surface area (Å²) in [5.41, 5.74) is 0.199. The Labute approximate surface area is 75.4 Å². The summed E-state index contributed by atoms with van der Waals surface area (Å²) in [6.07, 6.45) is 0. The SMILES string of the molecule is CO[C@@](O)(C(=O)O)c1ccccc1. The van der Waals surface area contributed by atoms with Gasteiger partial charge in [-0.2, -0.15) is 0 Å². The molecule has 1 rings (SSSR count). The van der Waals surface area contributed by atoms with Gasteiger partial charge in [-0.1, -0.05) is 30.3 Å². The Balaban J connectivity index is 3.11. The smallest absolute Gasteiger partial charge is 0.369 e. The summed E-state index contributed by atoms with van der Waals surface area (Å²) < 4.78 is 4.54. The summed E-state index contributed by atoms with van der Waals surface area (Å²) in [4.78, 5) is 10.7. The second-order valence-electron chi connectivity index (χ2n) is 2.52. The van der Waals surface area contributed by atoms with Crippen molar-refractivity contribution in [2.45, 2.75) is 5.79 Å². The number of carboxylic acids is 1. The van der Waals surface area contributed by atoms with Crippen LogP contribution in [0.15, 0.2) is 30.3 Å². The fourth-order valence-corrected chi connectivity index (χ4v) is 0.993. The maximum Gasteiger partial charge on any atom is 0.369 e. The highest BCUT2D eigenvalue weighted by Crippen LogP contribution is 2.21. The van der Waals surface area contributed by atoms with Crippen LogP contribution in [0.2, 0.25) is 0 Å². The Kier molecular flexibility index (Phi) is 2.65. The van der Waals surface area contributed by atoms with Crippen LogP contribution in [0.1, 0.15) is 5.56 Å². The predicted octanol–water partition coefficient (Wildman–Crippen LogP) is 0.563. The molecule has 1 aromatic carbocycles. The lowest BCUT2D eigenvalue weighted by Gasteiger charge is -2.21. The van der Waals surface area contributed by atoms with Crippen molar-refractivity contribution in [3.05, 3.63) is 35.9 Å². The molecule has 0 spiro atoms. The topological polar surface area (TPSA) is 66.8 Å². The number of aliphatic hydroxyl groups is 1. The Hall–Kier alpha value is -1.39. The Morgan fingerprint density at radius 3 is 2.31 bits per heavy atom. The van der Waals surface area contributed by atoms with E-state index in [4.69, 9.17) is 5.11 Å². The molecule has 1 atom stereocenters. The van der Waals surface area contributed by atoms with Crippen molar-refractivity contribution in [2.75, 3.05) is 7.11 Å². The van der Waals surface area contributed by atoms with Crippen LogP contribution in [-0.4, -0.2) is 23.3 Å². The minimum atomic E-state index is -2.25. The van der Waals surface area contributed by atoms with Crippen LogP contribution in [0.3, 0.4) is 0 Å². The van der Waals surface area contributed by atoms with Gasteiger partial charge in [-0.25, -0.2) is 4.79 Å². The lowest BCUT2D eigenvalue weighted by Crippen LogP contribution is -2.37. The number of hydrogen-bond acceptors (Lipinski definition) is 3. The van der Waals surface area contributed by atoms with Gasteiger partial charge in [0.15, 0.2) is 0 Å². The van der Waals surface area contributed by atoms with Crippen LogP contribution in [0.4, 0.5) is 0 Å². The molecule has 0 bridgehead atoms. The fraction of sp³-hybridized carbons (Fsp3) is 0.222. The molecule has 4 nitrogen and oxygen atoms in total. The Morgan fingerprint density at radius 2 is 1.92 bits per heavy atom. The van der Waals surface area contributed by atoms with E-state index in [1.54, 1.807) is 18.2 Å². The quantitative estimate of drug-likeness (QED) is 0.670. The van der Waals surface area contributed by atoms with Crippen LogP contribution >= 0.6 is 0 Å². The molecule has 4 heteroatoms. The van der Waals surface area contributed by atoms with Gasteiger partial charge in [0.1, 0.15) is 0 Å². The van der Waals surface area contributed by atoms with Crippen molar-refractivity contribution in [1.29, 1.82) is 0 Å². The summed E-state index contributed by atoms with van der Waals surface area (Å²) in [5.74, 6) is -3.68. The maximum absolute atomic E-state index is 10.7. The van der Waals surface area contributed by atoms with Crippen molar-refractivity contribution < 1.29 is 19.7 Å². The number of methoxy groups -OCH3 is 1. The molecule has 0 saturated heterocycles. The largest absolute Gasteiger partial charge is 0.477 e. The number of hydrogen-bond donors (Lipinski definition) is 2. The molecule has 0 aliphatic rings. The summed E-state index contributed by atoms with van der Waals surface area (Å²) in [6, 6.07) is 7.95. The standard InChI is InChI=1S/C9H10O4/c1-13-9(12,8(10)11)7-5-3-2-4-6-7/h2-6,12H,1H3,(H,10,11)/t9-/m1/s1. The maximum atomic E-state index is 10.7. The minimum Gasteiger partial charge on any atom is -0.477 e. The van der Waals surface area contributed by atoms with Crippen molar-refractivity contribution in [2.24, 2.45) is 0 Å². The van der Waals surface area contributed by atoms with Crippen LogP contribution in [0, 0.1) is 0 Å². The zero-order chi connectivity index (χ0) is 9.90. The average molecular weight is 182 g/mol. The van der Waals surface area contributed by atoms with E-state index in [2.05, 4.69) is 4.74 Å². The molecule has 0 amide bonds. The van der Waals surface area contributed by atoms with Crippen molar-refractivity contribution in [1.82, 2.24) is 0 Å². The lowest BCUT2D eigenvalue weighted by atomic mass is 10.1. The first-order valence-corrected chi connectivity index (χ1v) is 3.67. The van der Waals surface area contributed by atoms with Crippen molar-refractivity contribution >= 4 is 5.97 Å². The molecular weight excluding hydrogens is 172 g/mol. The fourth-order valence-electron chi connectivity index (χ4n) is 0.993. The number of carbonyl (C=O) groups is 1. The first-order valence-electron chi connectivity index (χ1n) is 3.67. The van der Waals surface area contributed by atoms with Crippen molar-refractivity contribution in [3.63, 3.8) is 0 Å². The van der Waals surface area contributed by atoms with Gasteiger partial charge in [0.25, 0.3) is 5.79 Å². The third-order valence-electron chi connectivity index (χ3n) is 1.75. The van der Waals surface area contributed by atoms with Crippen molar-refractivity contribution in [3.8, 4) is 0 Å². The summed E-state index contributed by atoms with van der Waals surface area (Å²) in [5, 5.41) is 18.3. The predicted molar refractivity (Wildman–Crippen MR) is 45.0 cm³/mol. The number of rotatable bonds is 3. The molecule has 0 unspecified atom stereocenters. The van der Waals surface area contributed by atoms with E-state index in [0.29, 0.717) is 0 Å². The van der Waals surface area contributed by atoms with E-state index < -0.39 is 11.8 Å². The van der Waals surface area contributed by atoms with E-state index in [1.807, 2.05) is 0 Å². The van der Waals surface area contributed by atoms with E-state index in [9.17, 15) is 9.90 Å². The second kappa shape index (κ2) is 3.55. The van der Waals surface area contributed by atoms with Crippen LogP contribution in [0.5, 0.6) is 0 Å². The van der Waals surface area contributed by atoms with Gasteiger partial charge in [-0.15, -0.1) is 0 Å². The molecule has 0 aliphatic heterocycles. The first kappa shape index (κ1) is 9.70. The van der Waals surface area contributed by atoms with Gasteiger partial charge in [-0.3, -0.25) is 0 Å². The molecule has 0 aliphatic carbocycles. The first-order chi connectivity index (χ1) is 6.11. The Bertz CT molecular complexity index is 296. The van der Waals surface area contributed by atoms with Gasteiger partial charge < -0.3 is 14.9 Å². The summed E-state index contributed by atoms with van der Waals surface area (Å²) in [7, 11) is 1.14. The van der Waals surface area contributed by atoms with Crippen LogP contribution in [-0.2, 0) is 15.3 Å². The molecule has 0 fully saturated rings. The zero-order valence-corrected chi connectivity index (χ0v) is 7.10. The molecule has 70 valence electrons. The molecule has 13 heavy (non-hydrogen) atoms. The molecule has 0 radical (unpaired) electrons. The average Bonchev–Trinajstić information content (AvgIpc) is 2.17. The third kappa shape index (κ3) is 1.68. The molecule has 1 aromatic rings. The highest BCUT2D eigenvalue weighted by Gasteiger charge is 2.38. The second-order valence-corrected chi connectivity index (χ2v) is 2.52. The van der Waals surface area contributed by atoms with E-state index in [-0.39, 0.29) is 5.56 Å². The van der Waals surface area contributed by atoms with Gasteiger partial charge in [0, 0.05) is 12.7 Å².